The molecule has 0 bridgehead atoms. The summed E-state index contributed by atoms with van der Waals surface area (Å²) in [4.78, 5) is 11.5. The Morgan fingerprint density at radius 1 is 1.32 bits per heavy atom. The fourth-order valence-corrected chi connectivity index (χ4v) is 2.97. The van der Waals surface area contributed by atoms with Crippen molar-refractivity contribution in [3.05, 3.63) is 29.8 Å². The van der Waals surface area contributed by atoms with Crippen LogP contribution in [-0.4, -0.2) is 37.1 Å². The Kier molecular flexibility index (Phi) is 3.42. The predicted octanol–water partition coefficient (Wildman–Crippen LogP) is 1.56. The van der Waals surface area contributed by atoms with Crippen LogP contribution in [0.25, 0.3) is 0 Å². The van der Waals surface area contributed by atoms with Crippen molar-refractivity contribution in [2.24, 2.45) is 0 Å². The Morgan fingerprint density at radius 3 is 2.68 bits per heavy atom. The molecule has 2 aliphatic heterocycles. The molecule has 19 heavy (non-hydrogen) atoms. The molecule has 0 spiro atoms. The summed E-state index contributed by atoms with van der Waals surface area (Å²) in [6.07, 6.45) is 4.30. The number of rotatable bonds is 3. The highest BCUT2D eigenvalue weighted by molar-refractivity contribution is 5.81. The molecule has 2 heterocycles. The van der Waals surface area contributed by atoms with Gasteiger partial charge >= 0.3 is 0 Å². The van der Waals surface area contributed by atoms with Crippen LogP contribution in [0.15, 0.2) is 24.3 Å². The van der Waals surface area contributed by atoms with Crippen LogP contribution in [0.4, 0.5) is 5.69 Å². The zero-order chi connectivity index (χ0) is 13.2. The summed E-state index contributed by atoms with van der Waals surface area (Å²) in [5, 5.41) is 7.28. The zero-order valence-electron chi connectivity index (χ0n) is 11.4. The number of hydrazine groups is 1. The Bertz CT molecular complexity index is 451. The first kappa shape index (κ1) is 12.5. The van der Waals surface area contributed by atoms with E-state index in [1.807, 2.05) is 12.1 Å². The van der Waals surface area contributed by atoms with Crippen molar-refractivity contribution in [2.75, 3.05) is 25.1 Å². The minimum atomic E-state index is 0.194. The largest absolute Gasteiger partial charge is 0.314 e. The van der Waals surface area contributed by atoms with Gasteiger partial charge in [-0.1, -0.05) is 12.1 Å². The van der Waals surface area contributed by atoms with E-state index in [0.29, 0.717) is 12.5 Å². The maximum absolute atomic E-state index is 11.5. The van der Waals surface area contributed by atoms with Gasteiger partial charge in [0.2, 0.25) is 5.91 Å². The summed E-state index contributed by atoms with van der Waals surface area (Å²) >= 11 is 0. The smallest absolute Gasteiger partial charge is 0.242 e. The van der Waals surface area contributed by atoms with E-state index in [2.05, 4.69) is 29.6 Å². The van der Waals surface area contributed by atoms with Crippen LogP contribution in [0.2, 0.25) is 0 Å². The van der Waals surface area contributed by atoms with Gasteiger partial charge in [0.15, 0.2) is 0 Å². The van der Waals surface area contributed by atoms with Gasteiger partial charge in [-0.2, -0.15) is 0 Å². The number of carbonyl (C=O) groups is 1. The second-order valence-electron chi connectivity index (χ2n) is 5.45. The van der Waals surface area contributed by atoms with Crippen molar-refractivity contribution in [1.82, 2.24) is 10.3 Å². The molecule has 4 nitrogen and oxygen atoms in total. The Hall–Kier alpha value is -1.55. The van der Waals surface area contributed by atoms with Crippen LogP contribution in [0.1, 0.15) is 24.8 Å². The lowest BCUT2D eigenvalue weighted by Gasteiger charge is -2.26. The molecule has 2 fully saturated rings. The predicted molar refractivity (Wildman–Crippen MR) is 75.9 cm³/mol. The molecule has 1 atom stereocenters. The van der Waals surface area contributed by atoms with Crippen molar-refractivity contribution < 1.29 is 4.79 Å². The molecule has 0 aliphatic carbocycles. The average molecular weight is 259 g/mol. The van der Waals surface area contributed by atoms with Gasteiger partial charge in [-0.3, -0.25) is 14.8 Å². The Balaban J connectivity index is 1.66. The van der Waals surface area contributed by atoms with Gasteiger partial charge in [-0.05, 0) is 43.5 Å². The monoisotopic (exact) mass is 259 g/mol. The van der Waals surface area contributed by atoms with Crippen LogP contribution < -0.4 is 10.3 Å². The van der Waals surface area contributed by atoms with E-state index in [1.165, 1.54) is 18.4 Å². The van der Waals surface area contributed by atoms with Crippen LogP contribution >= 0.6 is 0 Å². The summed E-state index contributed by atoms with van der Waals surface area (Å²) in [7, 11) is 1.84. The molecule has 102 valence electrons. The first-order chi connectivity index (χ1) is 9.24. The summed E-state index contributed by atoms with van der Waals surface area (Å²) in [5.74, 6) is 0.194. The molecule has 1 aromatic carbocycles. The number of nitrogens with one attached hydrogen (secondary N) is 1. The van der Waals surface area contributed by atoms with Crippen molar-refractivity contribution >= 4 is 11.6 Å². The van der Waals surface area contributed by atoms with Gasteiger partial charge in [-0.25, -0.2) is 0 Å². The lowest BCUT2D eigenvalue weighted by Crippen LogP contribution is -2.35. The van der Waals surface area contributed by atoms with E-state index in [1.54, 1.807) is 5.01 Å². The highest BCUT2D eigenvalue weighted by Gasteiger charge is 2.25. The van der Waals surface area contributed by atoms with Crippen molar-refractivity contribution in [3.8, 4) is 0 Å². The van der Waals surface area contributed by atoms with Gasteiger partial charge in [-0.15, -0.1) is 0 Å². The second kappa shape index (κ2) is 5.21. The number of benzene rings is 1. The number of amides is 1. The van der Waals surface area contributed by atoms with Gasteiger partial charge in [0.05, 0.1) is 5.69 Å². The van der Waals surface area contributed by atoms with E-state index in [9.17, 15) is 4.79 Å². The highest BCUT2D eigenvalue weighted by Crippen LogP contribution is 2.22. The van der Waals surface area contributed by atoms with Gasteiger partial charge in [0, 0.05) is 26.1 Å². The quantitative estimate of drug-likeness (QED) is 0.895. The number of hydrogen-bond acceptors (Lipinski definition) is 3. The maximum atomic E-state index is 11.5. The van der Waals surface area contributed by atoms with E-state index in [0.717, 1.165) is 25.2 Å². The molecule has 2 aliphatic rings. The fraction of sp³-hybridized carbons (Fsp3) is 0.533. The number of hydrogen-bond donors (Lipinski definition) is 1. The van der Waals surface area contributed by atoms with Crippen molar-refractivity contribution in [2.45, 2.75) is 31.7 Å². The lowest BCUT2D eigenvalue weighted by atomic mass is 10.0. The molecule has 1 aromatic rings. The van der Waals surface area contributed by atoms with Crippen LogP contribution in [0, 0.1) is 0 Å². The first-order valence-electron chi connectivity index (χ1n) is 7.10. The molecule has 3 rings (SSSR count). The van der Waals surface area contributed by atoms with Gasteiger partial charge in [0.25, 0.3) is 0 Å². The minimum absolute atomic E-state index is 0.194. The van der Waals surface area contributed by atoms with Gasteiger partial charge < -0.3 is 5.32 Å². The molecule has 0 aromatic heterocycles. The summed E-state index contributed by atoms with van der Waals surface area (Å²) in [6.45, 7) is 1.95. The molecule has 0 radical (unpaired) electrons. The third-order valence-electron chi connectivity index (χ3n) is 4.14. The molecular formula is C15H21N3O. The third-order valence-corrected chi connectivity index (χ3v) is 4.14. The van der Waals surface area contributed by atoms with Crippen molar-refractivity contribution in [1.29, 1.82) is 0 Å². The normalized spacial score (nSPS) is 23.4. The lowest BCUT2D eigenvalue weighted by molar-refractivity contribution is -0.126. The second-order valence-corrected chi connectivity index (χ2v) is 5.45. The summed E-state index contributed by atoms with van der Waals surface area (Å²) in [6, 6.07) is 9.26. The molecule has 2 saturated heterocycles. The van der Waals surface area contributed by atoms with Crippen LogP contribution in [0.3, 0.4) is 0 Å². The summed E-state index contributed by atoms with van der Waals surface area (Å²) in [5.41, 5.74) is 2.48. The third kappa shape index (κ3) is 2.59. The topological polar surface area (TPSA) is 35.6 Å². The van der Waals surface area contributed by atoms with E-state index >= 15 is 0 Å². The maximum Gasteiger partial charge on any atom is 0.242 e. The van der Waals surface area contributed by atoms with E-state index in [-0.39, 0.29) is 5.91 Å². The molecule has 1 unspecified atom stereocenters. The fourth-order valence-electron chi connectivity index (χ4n) is 2.97. The van der Waals surface area contributed by atoms with Crippen molar-refractivity contribution in [3.63, 3.8) is 0 Å². The highest BCUT2D eigenvalue weighted by atomic mass is 16.2. The SMILES string of the molecule is CN1C(=O)CCN1c1ccc(CC2CCCN2)cc1. The standard InChI is InChI=1S/C15H21N3O/c1-17-15(19)8-10-18(17)14-6-4-12(5-7-14)11-13-3-2-9-16-13/h4-7,13,16H,2-3,8-11H2,1H3. The average Bonchev–Trinajstić information content (AvgIpc) is 3.03. The number of carbonyl (C=O) groups excluding carboxylic acids is 1. The first-order valence-corrected chi connectivity index (χ1v) is 7.10. The number of nitrogens with zero attached hydrogens (tertiary/aromatic N) is 2. The summed E-state index contributed by atoms with van der Waals surface area (Å²) < 4.78 is 0. The van der Waals surface area contributed by atoms with Crippen LogP contribution in [0.5, 0.6) is 0 Å². The molecular weight excluding hydrogens is 238 g/mol. The Morgan fingerprint density at radius 2 is 2.11 bits per heavy atom. The Labute approximate surface area is 114 Å². The van der Waals surface area contributed by atoms with Gasteiger partial charge in [0.1, 0.15) is 0 Å². The van der Waals surface area contributed by atoms with E-state index < -0.39 is 0 Å². The molecule has 0 saturated carbocycles. The molecule has 1 N–H and O–H groups in total. The number of anilines is 1. The van der Waals surface area contributed by atoms with Crippen LogP contribution in [-0.2, 0) is 11.2 Å². The zero-order valence-corrected chi connectivity index (χ0v) is 11.4. The minimum Gasteiger partial charge on any atom is -0.314 e. The van der Waals surface area contributed by atoms with E-state index in [4.69, 9.17) is 0 Å². The molecule has 1 amide bonds. The molecule has 4 heteroatoms.